The Morgan fingerprint density at radius 3 is 2.48 bits per heavy atom. The van der Waals surface area contributed by atoms with E-state index in [1.54, 1.807) is 12.1 Å². The minimum absolute atomic E-state index is 0.153. The second-order valence-electron chi connectivity index (χ2n) is 6.27. The molecule has 0 aromatic heterocycles. The minimum Gasteiger partial charge on any atom is -0.314 e. The topological polar surface area (TPSA) is 15.3 Å². The lowest BCUT2D eigenvalue weighted by Gasteiger charge is -2.32. The zero-order valence-electron chi connectivity index (χ0n) is 12.6. The molecule has 0 spiro atoms. The summed E-state index contributed by atoms with van der Waals surface area (Å²) in [6.45, 7) is 4.81. The van der Waals surface area contributed by atoms with Gasteiger partial charge >= 0.3 is 0 Å². The summed E-state index contributed by atoms with van der Waals surface area (Å²) in [6.07, 6.45) is 5.45. The molecule has 0 radical (unpaired) electrons. The molecule has 1 aliphatic heterocycles. The van der Waals surface area contributed by atoms with Crippen LogP contribution in [0.4, 0.5) is 4.39 Å². The van der Waals surface area contributed by atoms with Crippen LogP contribution < -0.4 is 5.32 Å². The van der Waals surface area contributed by atoms with Gasteiger partial charge in [0.05, 0.1) is 0 Å². The van der Waals surface area contributed by atoms with Gasteiger partial charge in [0.25, 0.3) is 0 Å². The van der Waals surface area contributed by atoms with Crippen LogP contribution in [0.1, 0.15) is 25.7 Å². The number of hydrogen-bond donors (Lipinski definition) is 1. The average Bonchev–Trinajstić information content (AvgIpc) is 3.33. The van der Waals surface area contributed by atoms with E-state index < -0.39 is 0 Å². The van der Waals surface area contributed by atoms with E-state index in [0.717, 1.165) is 29.2 Å². The normalized spacial score (nSPS) is 20.8. The highest BCUT2D eigenvalue weighted by atomic mass is 32.2. The molecule has 1 saturated carbocycles. The van der Waals surface area contributed by atoms with Gasteiger partial charge in [0.2, 0.25) is 0 Å². The molecule has 2 nitrogen and oxygen atoms in total. The smallest absolute Gasteiger partial charge is 0.123 e. The first-order valence-corrected chi connectivity index (χ1v) is 9.12. The van der Waals surface area contributed by atoms with E-state index in [0.29, 0.717) is 0 Å². The molecule has 21 heavy (non-hydrogen) atoms. The minimum atomic E-state index is -0.153. The molecule has 1 aromatic rings. The van der Waals surface area contributed by atoms with Crippen LogP contribution in [0.2, 0.25) is 0 Å². The molecule has 4 heteroatoms. The second kappa shape index (κ2) is 7.61. The lowest BCUT2D eigenvalue weighted by Crippen LogP contribution is -2.43. The van der Waals surface area contributed by atoms with Crippen LogP contribution in [-0.4, -0.2) is 42.9 Å². The maximum absolute atomic E-state index is 12.8. The van der Waals surface area contributed by atoms with Gasteiger partial charge in [-0.1, -0.05) is 0 Å². The highest BCUT2D eigenvalue weighted by Crippen LogP contribution is 2.28. The number of hydrogen-bond acceptors (Lipinski definition) is 3. The Kier molecular flexibility index (Phi) is 5.55. The molecular formula is C17H25FN2S. The maximum atomic E-state index is 12.8. The molecule has 3 rings (SSSR count). The Labute approximate surface area is 131 Å². The number of nitrogens with one attached hydrogen (secondary N) is 1. The van der Waals surface area contributed by atoms with Crippen molar-refractivity contribution in [2.45, 2.75) is 36.6 Å². The molecule has 1 saturated heterocycles. The summed E-state index contributed by atoms with van der Waals surface area (Å²) in [6, 6.07) is 7.56. The van der Waals surface area contributed by atoms with Crippen LogP contribution in [0.3, 0.4) is 0 Å². The molecule has 1 aliphatic carbocycles. The molecule has 0 unspecified atom stereocenters. The summed E-state index contributed by atoms with van der Waals surface area (Å²) in [5, 5.41) is 3.72. The third-order valence-corrected chi connectivity index (χ3v) is 5.46. The molecular weight excluding hydrogens is 283 g/mol. The van der Waals surface area contributed by atoms with Gasteiger partial charge in [-0.2, -0.15) is 0 Å². The Morgan fingerprint density at radius 1 is 1.10 bits per heavy atom. The SMILES string of the molecule is Fc1ccc(SCCN2CCC(NCC3CC3)CC2)cc1. The summed E-state index contributed by atoms with van der Waals surface area (Å²) in [7, 11) is 0. The van der Waals surface area contributed by atoms with Crippen LogP contribution in [0, 0.1) is 11.7 Å². The molecule has 2 aliphatic rings. The number of nitrogens with zero attached hydrogens (tertiary/aromatic N) is 1. The van der Waals surface area contributed by atoms with Gasteiger partial charge in [-0.3, -0.25) is 0 Å². The predicted molar refractivity (Wildman–Crippen MR) is 87.3 cm³/mol. The zero-order chi connectivity index (χ0) is 14.5. The van der Waals surface area contributed by atoms with E-state index >= 15 is 0 Å². The summed E-state index contributed by atoms with van der Waals surface area (Å²) < 4.78 is 12.8. The zero-order valence-corrected chi connectivity index (χ0v) is 13.4. The Hall–Kier alpha value is -0.580. The van der Waals surface area contributed by atoms with E-state index in [1.807, 2.05) is 23.9 Å². The molecule has 1 aromatic carbocycles. The van der Waals surface area contributed by atoms with Gasteiger partial charge in [0.15, 0.2) is 0 Å². The van der Waals surface area contributed by atoms with Crippen molar-refractivity contribution in [1.29, 1.82) is 0 Å². The highest BCUT2D eigenvalue weighted by Gasteiger charge is 2.24. The van der Waals surface area contributed by atoms with Crippen LogP contribution >= 0.6 is 11.8 Å². The van der Waals surface area contributed by atoms with Crippen molar-refractivity contribution in [2.75, 3.05) is 31.9 Å². The summed E-state index contributed by atoms with van der Waals surface area (Å²) >= 11 is 1.82. The quantitative estimate of drug-likeness (QED) is 0.777. The van der Waals surface area contributed by atoms with Gasteiger partial charge in [0.1, 0.15) is 5.82 Å². The van der Waals surface area contributed by atoms with Crippen molar-refractivity contribution in [3.8, 4) is 0 Å². The summed E-state index contributed by atoms with van der Waals surface area (Å²) in [5.74, 6) is 1.92. The molecule has 116 valence electrons. The third-order valence-electron chi connectivity index (χ3n) is 4.47. The summed E-state index contributed by atoms with van der Waals surface area (Å²) in [4.78, 5) is 3.73. The molecule has 0 atom stereocenters. The maximum Gasteiger partial charge on any atom is 0.123 e. The lowest BCUT2D eigenvalue weighted by molar-refractivity contribution is 0.207. The van der Waals surface area contributed by atoms with Crippen LogP contribution in [0.5, 0.6) is 0 Å². The molecule has 1 heterocycles. The number of piperidine rings is 1. The van der Waals surface area contributed by atoms with Crippen molar-refractivity contribution in [1.82, 2.24) is 10.2 Å². The number of likely N-dealkylation sites (tertiary alicyclic amines) is 1. The molecule has 0 bridgehead atoms. The first-order chi connectivity index (χ1) is 10.3. The van der Waals surface area contributed by atoms with Gasteiger partial charge in [-0.25, -0.2) is 4.39 Å². The van der Waals surface area contributed by atoms with Gasteiger partial charge in [-0.05, 0) is 75.5 Å². The Balaban J connectivity index is 1.29. The summed E-state index contributed by atoms with van der Waals surface area (Å²) in [5.41, 5.74) is 0. The lowest BCUT2D eigenvalue weighted by atomic mass is 10.1. The largest absolute Gasteiger partial charge is 0.314 e. The van der Waals surface area contributed by atoms with Crippen molar-refractivity contribution >= 4 is 11.8 Å². The van der Waals surface area contributed by atoms with E-state index in [2.05, 4.69) is 10.2 Å². The monoisotopic (exact) mass is 308 g/mol. The number of benzene rings is 1. The number of thioether (sulfide) groups is 1. The third kappa shape index (κ3) is 5.28. The van der Waals surface area contributed by atoms with Crippen LogP contribution in [0.25, 0.3) is 0 Å². The van der Waals surface area contributed by atoms with Gasteiger partial charge in [-0.15, -0.1) is 11.8 Å². The second-order valence-corrected chi connectivity index (χ2v) is 7.44. The fourth-order valence-electron chi connectivity index (χ4n) is 2.84. The predicted octanol–water partition coefficient (Wildman–Crippen LogP) is 3.38. The van der Waals surface area contributed by atoms with Gasteiger partial charge in [0, 0.05) is 23.2 Å². The van der Waals surface area contributed by atoms with Crippen molar-refractivity contribution in [2.24, 2.45) is 5.92 Å². The molecule has 2 fully saturated rings. The molecule has 1 N–H and O–H groups in total. The van der Waals surface area contributed by atoms with Crippen LogP contribution in [-0.2, 0) is 0 Å². The van der Waals surface area contributed by atoms with Gasteiger partial charge < -0.3 is 10.2 Å². The highest BCUT2D eigenvalue weighted by molar-refractivity contribution is 7.99. The van der Waals surface area contributed by atoms with E-state index in [-0.39, 0.29) is 5.82 Å². The van der Waals surface area contributed by atoms with Crippen LogP contribution in [0.15, 0.2) is 29.2 Å². The van der Waals surface area contributed by atoms with Crippen molar-refractivity contribution in [3.05, 3.63) is 30.1 Å². The number of halogens is 1. The molecule has 0 amide bonds. The van der Waals surface area contributed by atoms with Crippen molar-refractivity contribution in [3.63, 3.8) is 0 Å². The first-order valence-electron chi connectivity index (χ1n) is 8.14. The standard InChI is InChI=1S/C17H25FN2S/c18-15-3-5-17(6-4-15)21-12-11-20-9-7-16(8-10-20)19-13-14-1-2-14/h3-6,14,16,19H,1-2,7-13H2. The fraction of sp³-hybridized carbons (Fsp3) is 0.647. The van der Waals surface area contributed by atoms with Crippen molar-refractivity contribution < 1.29 is 4.39 Å². The first kappa shape index (κ1) is 15.3. The number of rotatable bonds is 7. The Bertz CT molecular complexity index is 425. The van der Waals surface area contributed by atoms with E-state index in [9.17, 15) is 4.39 Å². The van der Waals surface area contributed by atoms with E-state index in [1.165, 1.54) is 45.3 Å². The fourth-order valence-corrected chi connectivity index (χ4v) is 3.75. The average molecular weight is 308 g/mol. The Morgan fingerprint density at radius 2 is 1.81 bits per heavy atom. The van der Waals surface area contributed by atoms with E-state index in [4.69, 9.17) is 0 Å².